The number of alkyl halides is 10. The van der Waals surface area contributed by atoms with Crippen LogP contribution < -0.4 is 0 Å². The summed E-state index contributed by atoms with van der Waals surface area (Å²) in [6, 6.07) is -3.82. The third-order valence-corrected chi connectivity index (χ3v) is 2.21. The van der Waals surface area contributed by atoms with Crippen molar-refractivity contribution < 1.29 is 66.5 Å². The minimum atomic E-state index is -7.31. The molecule has 0 bridgehead atoms. The Morgan fingerprint density at radius 1 is 0.760 bits per heavy atom. The maximum atomic E-state index is 13.4. The number of hydrogen-bond donors (Lipinski definition) is 1. The molecule has 16 heteroatoms. The fourth-order valence-electron chi connectivity index (χ4n) is 0.958. The summed E-state index contributed by atoms with van der Waals surface area (Å²) in [6.45, 7) is -0.125. The first kappa shape index (κ1) is 23.3. The Morgan fingerprint density at radius 2 is 1.16 bits per heavy atom. The molecule has 1 atom stereocenters. The first-order chi connectivity index (χ1) is 10.7. The number of rotatable bonds is 7. The van der Waals surface area contributed by atoms with Crippen LogP contribution in [0.3, 0.4) is 0 Å². The molecule has 0 aliphatic heterocycles. The Balaban J connectivity index is 6.20. The van der Waals surface area contributed by atoms with Crippen LogP contribution in [0.4, 0.5) is 57.1 Å². The van der Waals surface area contributed by atoms with Crippen LogP contribution in [0, 0.1) is 5.41 Å². The van der Waals surface area contributed by atoms with Gasteiger partial charge in [0, 0.05) is 0 Å². The Labute approximate surface area is 128 Å². The van der Waals surface area contributed by atoms with Crippen LogP contribution in [-0.4, -0.2) is 35.9 Å². The number of nitrogens with one attached hydrogen (secondary N) is 1. The van der Waals surface area contributed by atoms with Crippen molar-refractivity contribution in [1.82, 2.24) is 0 Å². The molecule has 0 aromatic rings. The van der Waals surface area contributed by atoms with Gasteiger partial charge in [0.2, 0.25) is 0 Å². The summed E-state index contributed by atoms with van der Waals surface area (Å²) in [4.78, 5) is 0. The van der Waals surface area contributed by atoms with E-state index in [0.29, 0.717) is 0 Å². The predicted molar refractivity (Wildman–Crippen MR) is 50.7 cm³/mol. The van der Waals surface area contributed by atoms with E-state index < -0.39 is 48.0 Å². The van der Waals surface area contributed by atoms with Gasteiger partial charge in [-0.15, -0.1) is 0 Å². The molecule has 3 nitrogen and oxygen atoms in total. The Kier molecular flexibility index (Phi) is 6.07. The lowest BCUT2D eigenvalue weighted by Crippen LogP contribution is -2.64. The van der Waals surface area contributed by atoms with Gasteiger partial charge in [-0.05, 0) is 6.92 Å². The number of hydrogen-bond acceptors (Lipinski definition) is 3. The van der Waals surface area contributed by atoms with Crippen molar-refractivity contribution in [3.8, 4) is 0 Å². The molecule has 25 heavy (non-hydrogen) atoms. The molecule has 0 aliphatic carbocycles. The van der Waals surface area contributed by atoms with Crippen LogP contribution in [0.2, 0.25) is 0 Å². The third kappa shape index (κ3) is 4.27. The van der Waals surface area contributed by atoms with Crippen LogP contribution in [0.5, 0.6) is 0 Å². The van der Waals surface area contributed by atoms with Crippen LogP contribution in [-0.2, 0) is 9.47 Å². The van der Waals surface area contributed by atoms with Gasteiger partial charge in [-0.3, -0.25) is 4.74 Å². The zero-order valence-electron chi connectivity index (χ0n) is 11.2. The zero-order valence-corrected chi connectivity index (χ0v) is 11.2. The molecule has 0 saturated heterocycles. The monoisotopic (exact) mass is 405 g/mol. The normalized spacial score (nSPS) is 16.2. The fraction of sp³-hybridized carbons (Fsp3) is 0.667. The van der Waals surface area contributed by atoms with Gasteiger partial charge in [0.05, 0.1) is 5.71 Å². The van der Waals surface area contributed by atoms with Crippen LogP contribution in [0.25, 0.3) is 0 Å². The van der Waals surface area contributed by atoms with Gasteiger partial charge in [-0.25, -0.2) is 0 Å². The highest BCUT2D eigenvalue weighted by Gasteiger charge is 2.81. The lowest BCUT2D eigenvalue weighted by atomic mass is 10.2. The summed E-state index contributed by atoms with van der Waals surface area (Å²) in [6.07, 6.45) is -24.9. The Morgan fingerprint density at radius 3 is 1.44 bits per heavy atom. The highest BCUT2D eigenvalue weighted by molar-refractivity contribution is 5.86. The largest absolute Gasteiger partial charge is 0.471 e. The highest BCUT2D eigenvalue weighted by atomic mass is 19.4. The van der Waals surface area contributed by atoms with E-state index in [-0.39, 0.29) is 6.92 Å². The molecule has 0 rings (SSSR count). The van der Waals surface area contributed by atoms with Crippen molar-refractivity contribution in [2.75, 3.05) is 0 Å². The first-order valence-electron chi connectivity index (χ1n) is 5.27. The van der Waals surface area contributed by atoms with Gasteiger partial charge < -0.3 is 10.1 Å². The molecule has 1 N–H and O–H groups in total. The summed E-state index contributed by atoms with van der Waals surface area (Å²) >= 11 is 0. The lowest BCUT2D eigenvalue weighted by molar-refractivity contribution is -0.511. The van der Waals surface area contributed by atoms with Gasteiger partial charge in [0.1, 0.15) is 0 Å². The van der Waals surface area contributed by atoms with Crippen LogP contribution in [0.15, 0.2) is 12.1 Å². The van der Waals surface area contributed by atoms with Gasteiger partial charge in [0.25, 0.3) is 0 Å². The molecule has 148 valence electrons. The Hall–Kier alpha value is -1.74. The minimum absolute atomic E-state index is 0.125. The Bertz CT molecular complexity index is 550. The number of ether oxygens (including phenoxy) is 2. The van der Waals surface area contributed by atoms with E-state index in [2.05, 4.69) is 0 Å². The van der Waals surface area contributed by atoms with Gasteiger partial charge >= 0.3 is 42.3 Å². The maximum absolute atomic E-state index is 13.4. The van der Waals surface area contributed by atoms with Gasteiger partial charge in [0.15, 0.2) is 0 Å². The molecule has 0 saturated carbocycles. The highest BCUT2D eigenvalue weighted by Crippen LogP contribution is 2.52. The molecule has 0 heterocycles. The van der Waals surface area contributed by atoms with Crippen LogP contribution in [0.1, 0.15) is 6.92 Å². The molecule has 0 aromatic carbocycles. The fourth-order valence-corrected chi connectivity index (χ4v) is 0.958. The topological polar surface area (TPSA) is 42.3 Å². The van der Waals surface area contributed by atoms with Crippen molar-refractivity contribution in [2.24, 2.45) is 0 Å². The van der Waals surface area contributed by atoms with Gasteiger partial charge in [-0.1, -0.05) is 0 Å². The van der Waals surface area contributed by atoms with Crippen molar-refractivity contribution in [3.05, 3.63) is 12.1 Å². The molecule has 0 fully saturated rings. The van der Waals surface area contributed by atoms with Crippen molar-refractivity contribution >= 4 is 5.71 Å². The third-order valence-electron chi connectivity index (χ3n) is 2.21. The average molecular weight is 405 g/mol. The quantitative estimate of drug-likeness (QED) is 0.362. The number of halogens is 13. The van der Waals surface area contributed by atoms with Crippen molar-refractivity contribution in [1.29, 1.82) is 5.41 Å². The molecule has 0 amide bonds. The minimum Gasteiger partial charge on any atom is -0.398 e. The molecule has 0 aliphatic rings. The predicted octanol–water partition coefficient (Wildman–Crippen LogP) is 5.14. The second kappa shape index (κ2) is 6.53. The SMILES string of the molecule is CC(=N)C(F)(F)C(F)(F)OC(F)(C(F)(F)F)C(F)(F)OC(F)=C(F)F. The van der Waals surface area contributed by atoms with E-state index in [0.717, 1.165) is 0 Å². The van der Waals surface area contributed by atoms with E-state index in [4.69, 9.17) is 5.41 Å². The van der Waals surface area contributed by atoms with Crippen LogP contribution >= 0.6 is 0 Å². The van der Waals surface area contributed by atoms with E-state index in [1.54, 1.807) is 0 Å². The van der Waals surface area contributed by atoms with E-state index in [1.807, 2.05) is 9.47 Å². The molecular weight excluding hydrogens is 401 g/mol. The second-order valence-electron chi connectivity index (χ2n) is 4.06. The van der Waals surface area contributed by atoms with Crippen molar-refractivity contribution in [2.45, 2.75) is 37.1 Å². The average Bonchev–Trinajstić information content (AvgIpc) is 2.35. The summed E-state index contributed by atoms with van der Waals surface area (Å²) in [5.74, 6) is -13.2. The summed E-state index contributed by atoms with van der Waals surface area (Å²) < 4.78 is 168. The first-order valence-corrected chi connectivity index (χ1v) is 5.27. The standard InChI is InChI=1S/C9H4F13NO2/c1-2(23)5(13,14)8(19,20)25-6(15,7(16,17)18)9(21,22)24-4(12)3(10)11/h23H,1H3. The molecular formula is C9H4F13NO2. The maximum Gasteiger partial charge on any atom is 0.471 e. The zero-order chi connectivity index (χ0) is 20.6. The molecule has 0 radical (unpaired) electrons. The molecule has 1 unspecified atom stereocenters. The second-order valence-corrected chi connectivity index (χ2v) is 4.06. The molecule has 0 spiro atoms. The lowest BCUT2D eigenvalue weighted by Gasteiger charge is -2.37. The summed E-state index contributed by atoms with van der Waals surface area (Å²) in [5.41, 5.74) is -2.44. The van der Waals surface area contributed by atoms with E-state index in [9.17, 15) is 57.1 Å². The van der Waals surface area contributed by atoms with E-state index in [1.165, 1.54) is 0 Å². The summed E-state index contributed by atoms with van der Waals surface area (Å²) in [7, 11) is 0. The molecule has 0 aromatic heterocycles. The van der Waals surface area contributed by atoms with Gasteiger partial charge in [-0.2, -0.15) is 57.1 Å². The van der Waals surface area contributed by atoms with E-state index >= 15 is 0 Å². The van der Waals surface area contributed by atoms with Crippen molar-refractivity contribution in [3.63, 3.8) is 0 Å². The summed E-state index contributed by atoms with van der Waals surface area (Å²) in [5, 5.41) is 6.24. The smallest absolute Gasteiger partial charge is 0.398 e.